The van der Waals surface area contributed by atoms with Crippen molar-refractivity contribution >= 4 is 29.1 Å². The number of fused-ring (bicyclic) bond motifs is 10. The van der Waals surface area contributed by atoms with Crippen LogP contribution in [0.15, 0.2) is 84.1 Å². The molecule has 4 unspecified atom stereocenters. The molecule has 5 aliphatic rings. The van der Waals surface area contributed by atoms with Crippen LogP contribution in [0.1, 0.15) is 13.3 Å². The van der Waals surface area contributed by atoms with Crippen LogP contribution in [0.3, 0.4) is 0 Å². The minimum Gasteiger partial charge on any atom is -0.368 e. The maximum Gasteiger partial charge on any atom is 0.238 e. The van der Waals surface area contributed by atoms with Crippen LogP contribution in [0, 0.1) is 29.6 Å². The van der Waals surface area contributed by atoms with Crippen LogP contribution in [-0.4, -0.2) is 29.9 Å². The second-order valence-corrected chi connectivity index (χ2v) is 10.0. The quantitative estimate of drug-likeness (QED) is 0.515. The summed E-state index contributed by atoms with van der Waals surface area (Å²) in [7, 11) is 0. The predicted octanol–water partition coefficient (Wildman–Crippen LogP) is 3.70. The number of anilines is 2. The van der Waals surface area contributed by atoms with Gasteiger partial charge in [-0.2, -0.15) is 0 Å². The van der Waals surface area contributed by atoms with E-state index in [2.05, 4.69) is 6.58 Å². The lowest BCUT2D eigenvalue weighted by Crippen LogP contribution is -2.44. The summed E-state index contributed by atoms with van der Waals surface area (Å²) in [4.78, 5) is 43.8. The molecule has 3 amide bonds. The fourth-order valence-electron chi connectivity index (χ4n) is 7.23. The normalized spacial score (nSPS) is 35.9. The third kappa shape index (κ3) is 2.31. The molecule has 0 N–H and O–H groups in total. The van der Waals surface area contributed by atoms with Crippen LogP contribution in [0.2, 0.25) is 0 Å². The summed E-state index contributed by atoms with van der Waals surface area (Å²) >= 11 is 0. The third-order valence-electron chi connectivity index (χ3n) is 8.48. The van der Waals surface area contributed by atoms with Gasteiger partial charge in [-0.25, -0.2) is 0 Å². The van der Waals surface area contributed by atoms with Gasteiger partial charge in [-0.1, -0.05) is 48.6 Å². The van der Waals surface area contributed by atoms with E-state index < -0.39 is 11.8 Å². The van der Waals surface area contributed by atoms with E-state index in [0.29, 0.717) is 12.1 Å². The number of hydrogen-bond donors (Lipinski definition) is 0. The second-order valence-electron chi connectivity index (χ2n) is 10.0. The minimum absolute atomic E-state index is 0.00862. The molecule has 170 valence electrons. The first-order chi connectivity index (χ1) is 16.5. The number of benzene rings is 2. The average Bonchev–Trinajstić information content (AvgIpc) is 3.55. The largest absolute Gasteiger partial charge is 0.368 e. The second kappa shape index (κ2) is 6.76. The van der Waals surface area contributed by atoms with Crippen molar-refractivity contribution in [2.45, 2.75) is 25.6 Å². The SMILES string of the molecule is C=C1[C@@H]2C3OC(C4=C(C)CC5C(=O)N(c6ccccc6)C(=O)C5[C@@H]43)[C@@H]2C(=O)N1c1ccccc1. The first-order valence-corrected chi connectivity index (χ1v) is 11.8. The number of allylic oxidation sites excluding steroid dienone is 1. The van der Waals surface area contributed by atoms with Crippen molar-refractivity contribution in [2.75, 3.05) is 9.80 Å². The Labute approximate surface area is 197 Å². The van der Waals surface area contributed by atoms with Crippen LogP contribution < -0.4 is 9.80 Å². The molecule has 4 fully saturated rings. The molecule has 2 aromatic carbocycles. The van der Waals surface area contributed by atoms with E-state index in [-0.39, 0.29) is 47.7 Å². The van der Waals surface area contributed by atoms with Crippen molar-refractivity contribution in [3.8, 4) is 0 Å². The summed E-state index contributed by atoms with van der Waals surface area (Å²) in [6.07, 6.45) is -0.149. The molecule has 0 radical (unpaired) electrons. The number of imide groups is 1. The van der Waals surface area contributed by atoms with E-state index >= 15 is 0 Å². The molecule has 4 heterocycles. The van der Waals surface area contributed by atoms with Gasteiger partial charge in [0.1, 0.15) is 0 Å². The first kappa shape index (κ1) is 19.9. The van der Waals surface area contributed by atoms with Gasteiger partial charge >= 0.3 is 0 Å². The molecule has 6 heteroatoms. The van der Waals surface area contributed by atoms with Crippen LogP contribution in [0.4, 0.5) is 11.4 Å². The van der Waals surface area contributed by atoms with Gasteiger partial charge in [-0.3, -0.25) is 24.2 Å². The molecule has 7 atom stereocenters. The van der Waals surface area contributed by atoms with Gasteiger partial charge in [0.05, 0.1) is 35.6 Å². The molecule has 2 bridgehead atoms. The summed E-state index contributed by atoms with van der Waals surface area (Å²) in [6, 6.07) is 18.7. The molecular weight excluding hydrogens is 428 g/mol. The summed E-state index contributed by atoms with van der Waals surface area (Å²) in [6.45, 7) is 6.34. The lowest BCUT2D eigenvalue weighted by molar-refractivity contribution is -0.123. The molecule has 2 aromatic rings. The van der Waals surface area contributed by atoms with E-state index in [4.69, 9.17) is 4.74 Å². The molecule has 34 heavy (non-hydrogen) atoms. The summed E-state index contributed by atoms with van der Waals surface area (Å²) in [5.41, 5.74) is 4.30. The fourth-order valence-corrected chi connectivity index (χ4v) is 7.23. The molecule has 0 spiro atoms. The van der Waals surface area contributed by atoms with E-state index in [1.165, 1.54) is 4.90 Å². The maximum atomic E-state index is 13.7. The van der Waals surface area contributed by atoms with E-state index in [1.54, 1.807) is 17.0 Å². The summed E-state index contributed by atoms with van der Waals surface area (Å²) < 4.78 is 6.47. The number of carbonyl (C=O) groups excluding carboxylic acids is 3. The van der Waals surface area contributed by atoms with Crippen molar-refractivity contribution < 1.29 is 19.1 Å². The van der Waals surface area contributed by atoms with E-state index in [1.807, 2.05) is 55.5 Å². The Bertz CT molecular complexity index is 1300. The van der Waals surface area contributed by atoms with Gasteiger partial charge < -0.3 is 4.74 Å². The van der Waals surface area contributed by atoms with Crippen LogP contribution in [0.5, 0.6) is 0 Å². The zero-order valence-corrected chi connectivity index (χ0v) is 18.8. The molecule has 1 aliphatic carbocycles. The van der Waals surface area contributed by atoms with Crippen LogP contribution in [-0.2, 0) is 19.1 Å². The fraction of sp³-hybridized carbons (Fsp3) is 0.321. The maximum absolute atomic E-state index is 13.7. The minimum atomic E-state index is -0.462. The lowest BCUT2D eigenvalue weighted by atomic mass is 9.60. The average molecular weight is 453 g/mol. The van der Waals surface area contributed by atoms with Gasteiger partial charge in [0, 0.05) is 23.2 Å². The summed E-state index contributed by atoms with van der Waals surface area (Å²) in [5, 5.41) is 0. The van der Waals surface area contributed by atoms with Crippen molar-refractivity contribution in [2.24, 2.45) is 29.6 Å². The topological polar surface area (TPSA) is 66.9 Å². The monoisotopic (exact) mass is 452 g/mol. The van der Waals surface area contributed by atoms with Gasteiger partial charge in [0.25, 0.3) is 0 Å². The molecule has 0 aromatic heterocycles. The number of carbonyl (C=O) groups is 3. The Hall–Kier alpha value is -3.51. The van der Waals surface area contributed by atoms with Crippen molar-refractivity contribution in [1.82, 2.24) is 0 Å². The third-order valence-corrected chi connectivity index (χ3v) is 8.48. The first-order valence-electron chi connectivity index (χ1n) is 11.8. The Morgan fingerprint density at radius 1 is 0.765 bits per heavy atom. The van der Waals surface area contributed by atoms with Gasteiger partial charge in [-0.15, -0.1) is 0 Å². The Kier molecular flexibility index (Phi) is 3.96. The molecule has 6 nitrogen and oxygen atoms in total. The summed E-state index contributed by atoms with van der Waals surface area (Å²) in [5.74, 6) is -1.84. The predicted molar refractivity (Wildman–Crippen MR) is 125 cm³/mol. The van der Waals surface area contributed by atoms with Crippen molar-refractivity contribution in [3.63, 3.8) is 0 Å². The molecular formula is C28H24N2O4. The number of para-hydroxylation sites is 2. The van der Waals surface area contributed by atoms with Crippen molar-refractivity contribution in [1.29, 1.82) is 0 Å². The molecule has 4 aliphatic heterocycles. The van der Waals surface area contributed by atoms with Crippen molar-refractivity contribution in [3.05, 3.63) is 84.1 Å². The van der Waals surface area contributed by atoms with Crippen LogP contribution >= 0.6 is 0 Å². The Balaban J connectivity index is 1.29. The highest BCUT2D eigenvalue weighted by Gasteiger charge is 2.70. The number of amides is 3. The highest BCUT2D eigenvalue weighted by molar-refractivity contribution is 6.22. The van der Waals surface area contributed by atoms with Crippen LogP contribution in [0.25, 0.3) is 0 Å². The molecule has 4 saturated heterocycles. The van der Waals surface area contributed by atoms with Gasteiger partial charge in [0.15, 0.2) is 0 Å². The standard InChI is InChI=1S/C28H24N2O4/c1-14-13-18-21(27(32)30(26(18)31)17-11-7-4-8-12-17)22-19(14)24-23-20(25(22)34-24)15(2)29(28(23)33)16-9-5-3-6-10-16/h3-12,18,20-25H,2,13H2,1H3/t18?,20-,21?,22+,23+,24?,25?/m0/s1. The Morgan fingerprint density at radius 2 is 1.35 bits per heavy atom. The molecule has 7 rings (SSSR count). The number of ether oxygens (including phenoxy) is 1. The number of hydrogen-bond acceptors (Lipinski definition) is 4. The molecule has 0 saturated carbocycles. The zero-order chi connectivity index (χ0) is 23.3. The van der Waals surface area contributed by atoms with E-state index in [9.17, 15) is 14.4 Å². The van der Waals surface area contributed by atoms with Gasteiger partial charge in [-0.05, 0) is 43.2 Å². The smallest absolute Gasteiger partial charge is 0.238 e. The highest BCUT2D eigenvalue weighted by atomic mass is 16.5. The highest BCUT2D eigenvalue weighted by Crippen LogP contribution is 2.63. The zero-order valence-electron chi connectivity index (χ0n) is 18.8. The number of nitrogens with zero attached hydrogens (tertiary/aromatic N) is 2. The van der Waals surface area contributed by atoms with Gasteiger partial charge in [0.2, 0.25) is 17.7 Å². The number of rotatable bonds is 2. The van der Waals surface area contributed by atoms with E-state index in [0.717, 1.165) is 22.5 Å². The lowest BCUT2D eigenvalue weighted by Gasteiger charge is -2.38. The Morgan fingerprint density at radius 3 is 2.00 bits per heavy atom.